The second-order valence-corrected chi connectivity index (χ2v) is 2.80. The van der Waals surface area contributed by atoms with Crippen LogP contribution >= 0.6 is 11.9 Å². The molecular weight excluding hydrogens is 120 g/mol. The predicted molar refractivity (Wildman–Crippen MR) is 34.2 cm³/mol. The van der Waals surface area contributed by atoms with Gasteiger partial charge in [-0.05, 0) is 5.92 Å². The Hall–Kier alpha value is -0.200. The summed E-state index contributed by atoms with van der Waals surface area (Å²) >= 11 is 1.72. The van der Waals surface area contributed by atoms with E-state index in [0.717, 1.165) is 12.3 Å². The maximum atomic E-state index is 8.24. The minimum atomic E-state index is 0.602. The Morgan fingerprint density at radius 1 is 1.88 bits per heavy atom. The molecule has 0 aliphatic carbocycles. The molecule has 3 heteroatoms. The van der Waals surface area contributed by atoms with E-state index in [0.29, 0.717) is 12.3 Å². The first-order valence-corrected chi connectivity index (χ1v) is 3.63. The largest absolute Gasteiger partial charge is 0.264 e. The van der Waals surface area contributed by atoms with Gasteiger partial charge in [0.05, 0.1) is 6.07 Å². The first-order valence-electron chi connectivity index (χ1n) is 2.65. The summed E-state index contributed by atoms with van der Waals surface area (Å²) in [7, 11) is 0. The molecule has 1 unspecified atom stereocenters. The van der Waals surface area contributed by atoms with Gasteiger partial charge in [-0.25, -0.2) is 0 Å². The fourth-order valence-electron chi connectivity index (χ4n) is 0.673. The average Bonchev–Trinajstić information content (AvgIpc) is 2.19. The van der Waals surface area contributed by atoms with Crippen LogP contribution in [0.3, 0.4) is 0 Å². The van der Waals surface area contributed by atoms with Gasteiger partial charge in [0.15, 0.2) is 0 Å². The van der Waals surface area contributed by atoms with Crippen molar-refractivity contribution in [1.29, 1.82) is 5.26 Å². The van der Waals surface area contributed by atoms with Crippen LogP contribution in [0.1, 0.15) is 6.42 Å². The molecule has 1 fully saturated rings. The number of nitrogens with zero attached hydrogens (tertiary/aromatic N) is 1. The maximum Gasteiger partial charge on any atom is 0.0625 e. The van der Waals surface area contributed by atoms with Gasteiger partial charge in [-0.2, -0.15) is 5.26 Å². The van der Waals surface area contributed by atoms with E-state index < -0.39 is 0 Å². The van der Waals surface area contributed by atoms with E-state index in [1.165, 1.54) is 0 Å². The van der Waals surface area contributed by atoms with Crippen molar-refractivity contribution in [2.75, 3.05) is 12.3 Å². The van der Waals surface area contributed by atoms with Crippen LogP contribution in [0, 0.1) is 17.2 Å². The molecule has 0 spiro atoms. The third kappa shape index (κ3) is 1.39. The molecule has 1 atom stereocenters. The predicted octanol–water partition coefficient (Wildman–Crippen LogP) is 0.768. The highest BCUT2D eigenvalue weighted by molar-refractivity contribution is 7.97. The summed E-state index contributed by atoms with van der Waals surface area (Å²) in [5.74, 6) is 1.71. The van der Waals surface area contributed by atoms with Crippen LogP contribution in [0.2, 0.25) is 0 Å². The van der Waals surface area contributed by atoms with Gasteiger partial charge in [-0.15, -0.1) is 0 Å². The Morgan fingerprint density at radius 3 is 3.25 bits per heavy atom. The Bertz CT molecular complexity index is 101. The van der Waals surface area contributed by atoms with Gasteiger partial charge in [0.2, 0.25) is 0 Å². The van der Waals surface area contributed by atoms with Crippen molar-refractivity contribution in [1.82, 2.24) is 4.72 Å². The highest BCUT2D eigenvalue weighted by atomic mass is 32.2. The van der Waals surface area contributed by atoms with Gasteiger partial charge in [0, 0.05) is 18.7 Å². The van der Waals surface area contributed by atoms with Crippen molar-refractivity contribution in [3.05, 3.63) is 0 Å². The molecule has 0 amide bonds. The zero-order valence-electron chi connectivity index (χ0n) is 4.55. The van der Waals surface area contributed by atoms with E-state index in [-0.39, 0.29) is 0 Å². The number of nitrogens with one attached hydrogen (secondary N) is 1. The normalized spacial score (nSPS) is 27.6. The van der Waals surface area contributed by atoms with E-state index >= 15 is 0 Å². The van der Waals surface area contributed by atoms with Crippen molar-refractivity contribution >= 4 is 11.9 Å². The lowest BCUT2D eigenvalue weighted by molar-refractivity contribution is 0.632. The summed E-state index contributed by atoms with van der Waals surface area (Å²) < 4.78 is 3.12. The molecule has 8 heavy (non-hydrogen) atoms. The summed E-state index contributed by atoms with van der Waals surface area (Å²) in [6.45, 7) is 1.01. The molecule has 44 valence electrons. The van der Waals surface area contributed by atoms with Gasteiger partial charge in [0.25, 0.3) is 0 Å². The van der Waals surface area contributed by atoms with E-state index in [4.69, 9.17) is 5.26 Å². The molecule has 0 aromatic heterocycles. The third-order valence-electron chi connectivity index (χ3n) is 1.17. The number of hydrogen-bond donors (Lipinski definition) is 1. The fraction of sp³-hybridized carbons (Fsp3) is 0.800. The minimum Gasteiger partial charge on any atom is -0.264 e. The number of rotatable bonds is 1. The molecule has 0 aromatic carbocycles. The van der Waals surface area contributed by atoms with Crippen LogP contribution in [0.25, 0.3) is 0 Å². The Balaban J connectivity index is 2.17. The number of nitriles is 1. The monoisotopic (exact) mass is 128 g/mol. The SMILES string of the molecule is N#CCC1CNSC1. The standard InChI is InChI=1S/C5H8N2S/c6-2-1-5-3-7-8-4-5/h5,7H,1,3-4H2. The second-order valence-electron chi connectivity index (χ2n) is 1.89. The van der Waals surface area contributed by atoms with Gasteiger partial charge in [-0.1, -0.05) is 11.9 Å². The molecule has 2 nitrogen and oxygen atoms in total. The molecule has 0 aromatic rings. The van der Waals surface area contributed by atoms with Crippen LogP contribution in [0.15, 0.2) is 0 Å². The summed E-state index contributed by atoms with van der Waals surface area (Å²) in [5.41, 5.74) is 0. The minimum absolute atomic E-state index is 0.602. The van der Waals surface area contributed by atoms with Gasteiger partial charge >= 0.3 is 0 Å². The molecule has 1 saturated heterocycles. The quantitative estimate of drug-likeness (QED) is 0.530. The first-order chi connectivity index (χ1) is 3.93. The topological polar surface area (TPSA) is 35.8 Å². The lowest BCUT2D eigenvalue weighted by atomic mass is 10.1. The van der Waals surface area contributed by atoms with E-state index in [9.17, 15) is 0 Å². The van der Waals surface area contributed by atoms with Gasteiger partial charge < -0.3 is 0 Å². The Labute approximate surface area is 53.4 Å². The maximum absolute atomic E-state index is 8.24. The van der Waals surface area contributed by atoms with E-state index in [1.807, 2.05) is 0 Å². The van der Waals surface area contributed by atoms with Crippen molar-refractivity contribution < 1.29 is 0 Å². The molecule has 1 aliphatic heterocycles. The summed E-state index contributed by atoms with van der Waals surface area (Å²) in [4.78, 5) is 0. The molecule has 1 rings (SSSR count). The van der Waals surface area contributed by atoms with Crippen LogP contribution in [-0.4, -0.2) is 12.3 Å². The molecule has 1 heterocycles. The van der Waals surface area contributed by atoms with Crippen molar-refractivity contribution in [3.63, 3.8) is 0 Å². The molecule has 0 radical (unpaired) electrons. The van der Waals surface area contributed by atoms with Crippen molar-refractivity contribution in [2.24, 2.45) is 5.92 Å². The summed E-state index contributed by atoms with van der Waals surface area (Å²) in [6.07, 6.45) is 0.708. The zero-order valence-corrected chi connectivity index (χ0v) is 5.37. The molecule has 0 bridgehead atoms. The lowest BCUT2D eigenvalue weighted by Crippen LogP contribution is -2.06. The Kier molecular flexibility index (Phi) is 2.19. The van der Waals surface area contributed by atoms with Crippen LogP contribution in [0.4, 0.5) is 0 Å². The lowest BCUT2D eigenvalue weighted by Gasteiger charge is -1.95. The van der Waals surface area contributed by atoms with Gasteiger partial charge in [0.1, 0.15) is 0 Å². The fourth-order valence-corrected chi connectivity index (χ4v) is 1.62. The summed E-state index contributed by atoms with van der Waals surface area (Å²) in [5, 5.41) is 8.24. The van der Waals surface area contributed by atoms with Crippen LogP contribution < -0.4 is 4.72 Å². The van der Waals surface area contributed by atoms with Crippen molar-refractivity contribution in [2.45, 2.75) is 6.42 Å². The highest BCUT2D eigenvalue weighted by Gasteiger charge is 2.13. The molecular formula is C5H8N2S. The van der Waals surface area contributed by atoms with Crippen LogP contribution in [0.5, 0.6) is 0 Å². The van der Waals surface area contributed by atoms with E-state index in [1.54, 1.807) is 11.9 Å². The summed E-state index contributed by atoms with van der Waals surface area (Å²) in [6, 6.07) is 2.16. The third-order valence-corrected chi connectivity index (χ3v) is 2.18. The molecule has 0 saturated carbocycles. The van der Waals surface area contributed by atoms with E-state index in [2.05, 4.69) is 10.8 Å². The smallest absolute Gasteiger partial charge is 0.0625 e. The average molecular weight is 128 g/mol. The van der Waals surface area contributed by atoms with Gasteiger partial charge in [-0.3, -0.25) is 4.72 Å². The molecule has 1 aliphatic rings. The van der Waals surface area contributed by atoms with Crippen LogP contribution in [-0.2, 0) is 0 Å². The van der Waals surface area contributed by atoms with Crippen molar-refractivity contribution in [3.8, 4) is 6.07 Å². The zero-order chi connectivity index (χ0) is 5.82. The second kappa shape index (κ2) is 2.95. The number of hydrogen-bond acceptors (Lipinski definition) is 3. The molecule has 1 N–H and O–H groups in total. The Morgan fingerprint density at radius 2 is 2.75 bits per heavy atom. The highest BCUT2D eigenvalue weighted by Crippen LogP contribution is 2.15. The first kappa shape index (κ1) is 5.93.